The number of halogens is 1. The molecule has 0 rings (SSSR count). The summed E-state index contributed by atoms with van der Waals surface area (Å²) in [6.07, 6.45) is 0. The van der Waals surface area contributed by atoms with Crippen molar-refractivity contribution in [2.24, 2.45) is 5.92 Å². The summed E-state index contributed by atoms with van der Waals surface area (Å²) in [6, 6.07) is 0. The molecule has 0 atom stereocenters. The fourth-order valence-corrected chi connectivity index (χ4v) is 0. The topological polar surface area (TPSA) is 0 Å². The van der Waals surface area contributed by atoms with Crippen molar-refractivity contribution in [3.05, 3.63) is 12.4 Å². The maximum atomic E-state index is 11.6. The highest BCUT2D eigenvalue weighted by atomic mass is 19.1. The van der Waals surface area contributed by atoms with Gasteiger partial charge in [0.1, 0.15) is 0 Å². The summed E-state index contributed by atoms with van der Waals surface area (Å²) >= 11 is 0. The monoisotopic (exact) mass is 88.1 g/mol. The van der Waals surface area contributed by atoms with E-state index in [0.29, 0.717) is 0 Å². The zero-order valence-corrected chi connectivity index (χ0v) is 4.16. The molecule has 0 saturated carbocycles. The van der Waals surface area contributed by atoms with E-state index < -0.39 is 0 Å². The average molecular weight is 88.1 g/mol. The van der Waals surface area contributed by atoms with E-state index >= 15 is 0 Å². The van der Waals surface area contributed by atoms with Crippen molar-refractivity contribution in [3.8, 4) is 0 Å². The lowest BCUT2D eigenvalue weighted by Crippen LogP contribution is -1.81. The van der Waals surface area contributed by atoms with E-state index in [1.165, 1.54) is 0 Å². The largest absolute Gasteiger partial charge is 0.212 e. The minimum absolute atomic E-state index is 0.00926. The summed E-state index contributed by atoms with van der Waals surface area (Å²) in [4.78, 5) is 0. The van der Waals surface area contributed by atoms with E-state index in [1.54, 1.807) is 13.8 Å². The Kier molecular flexibility index (Phi) is 1.85. The first-order valence-electron chi connectivity index (χ1n) is 1.99. The summed E-state index contributed by atoms with van der Waals surface area (Å²) in [5.74, 6) is -0.250. The molecule has 0 spiro atoms. The molecule has 6 heavy (non-hydrogen) atoms. The SMILES string of the molecule is C=C(F)C(C)C. The van der Waals surface area contributed by atoms with Gasteiger partial charge >= 0.3 is 0 Å². The Morgan fingerprint density at radius 1 is 1.67 bits per heavy atom. The number of hydrogen-bond acceptors (Lipinski definition) is 0. The van der Waals surface area contributed by atoms with Crippen molar-refractivity contribution in [3.63, 3.8) is 0 Å². The summed E-state index contributed by atoms with van der Waals surface area (Å²) in [5, 5.41) is 0. The molecule has 0 heterocycles. The van der Waals surface area contributed by atoms with Crippen LogP contribution in [-0.2, 0) is 0 Å². The van der Waals surface area contributed by atoms with Gasteiger partial charge in [0.2, 0.25) is 0 Å². The third-order valence-electron chi connectivity index (χ3n) is 0.626. The lowest BCUT2D eigenvalue weighted by atomic mass is 10.2. The molecule has 0 fully saturated rings. The van der Waals surface area contributed by atoms with Crippen molar-refractivity contribution in [2.45, 2.75) is 13.8 Å². The molecule has 0 amide bonds. The van der Waals surface area contributed by atoms with Crippen LogP contribution in [0.3, 0.4) is 0 Å². The molecule has 0 saturated heterocycles. The Hall–Kier alpha value is -0.330. The second-order valence-electron chi connectivity index (χ2n) is 1.60. The van der Waals surface area contributed by atoms with Gasteiger partial charge in [0, 0.05) is 5.92 Å². The third kappa shape index (κ3) is 1.94. The van der Waals surface area contributed by atoms with E-state index in [1.807, 2.05) is 0 Å². The maximum Gasteiger partial charge on any atom is 0.0953 e. The van der Waals surface area contributed by atoms with Gasteiger partial charge in [-0.15, -0.1) is 0 Å². The standard InChI is InChI=1S/C5H9F/c1-4(2)5(3)6/h4H,3H2,1-2H3. The maximum absolute atomic E-state index is 11.6. The average Bonchev–Trinajstić information content (AvgIpc) is 1.36. The Bertz CT molecular complexity index is 55.0. The normalized spacial score (nSPS) is 9.33. The highest BCUT2D eigenvalue weighted by molar-refractivity contribution is 4.82. The summed E-state index contributed by atoms with van der Waals surface area (Å²) in [7, 11) is 0. The Morgan fingerprint density at radius 2 is 1.83 bits per heavy atom. The lowest BCUT2D eigenvalue weighted by Gasteiger charge is -1.92. The van der Waals surface area contributed by atoms with Crippen molar-refractivity contribution in [2.75, 3.05) is 0 Å². The molecule has 0 aliphatic heterocycles. The smallest absolute Gasteiger partial charge is 0.0953 e. The van der Waals surface area contributed by atoms with Gasteiger partial charge in [-0.25, -0.2) is 4.39 Å². The molecule has 0 aromatic rings. The highest BCUT2D eigenvalue weighted by Gasteiger charge is 1.92. The van der Waals surface area contributed by atoms with Crippen LogP contribution in [0.2, 0.25) is 0 Å². The van der Waals surface area contributed by atoms with E-state index in [2.05, 4.69) is 6.58 Å². The highest BCUT2D eigenvalue weighted by Crippen LogP contribution is 2.05. The van der Waals surface area contributed by atoms with Gasteiger partial charge in [-0.05, 0) is 0 Å². The summed E-state index contributed by atoms with van der Waals surface area (Å²) in [5.41, 5.74) is 0. The predicted octanol–water partition coefficient (Wildman–Crippen LogP) is 2.13. The zero-order valence-electron chi connectivity index (χ0n) is 4.16. The number of rotatable bonds is 1. The quantitative estimate of drug-likeness (QED) is 0.460. The van der Waals surface area contributed by atoms with E-state index in [9.17, 15) is 4.39 Å². The molecule has 0 aliphatic rings. The third-order valence-corrected chi connectivity index (χ3v) is 0.626. The Balaban J connectivity index is 3.26. The molecular weight excluding hydrogens is 79.1 g/mol. The Morgan fingerprint density at radius 3 is 1.83 bits per heavy atom. The minimum Gasteiger partial charge on any atom is -0.212 e. The van der Waals surface area contributed by atoms with E-state index in [4.69, 9.17) is 0 Å². The second kappa shape index (κ2) is 1.96. The zero-order chi connectivity index (χ0) is 5.15. The minimum atomic E-state index is -0.241. The van der Waals surface area contributed by atoms with Crippen LogP contribution in [0.25, 0.3) is 0 Å². The van der Waals surface area contributed by atoms with Crippen LogP contribution in [0.5, 0.6) is 0 Å². The lowest BCUT2D eigenvalue weighted by molar-refractivity contribution is 0.524. The molecule has 0 aromatic heterocycles. The first kappa shape index (κ1) is 5.67. The van der Waals surface area contributed by atoms with Crippen LogP contribution in [0, 0.1) is 5.92 Å². The second-order valence-corrected chi connectivity index (χ2v) is 1.60. The van der Waals surface area contributed by atoms with E-state index in [-0.39, 0.29) is 11.7 Å². The van der Waals surface area contributed by atoms with Crippen molar-refractivity contribution >= 4 is 0 Å². The molecule has 1 heteroatoms. The van der Waals surface area contributed by atoms with Gasteiger partial charge < -0.3 is 0 Å². The molecule has 36 valence electrons. The first-order chi connectivity index (χ1) is 2.64. The number of allylic oxidation sites excluding steroid dienone is 1. The van der Waals surface area contributed by atoms with Crippen LogP contribution in [-0.4, -0.2) is 0 Å². The fraction of sp³-hybridized carbons (Fsp3) is 0.600. The van der Waals surface area contributed by atoms with Gasteiger partial charge in [0.05, 0.1) is 5.83 Å². The van der Waals surface area contributed by atoms with Crippen LogP contribution >= 0.6 is 0 Å². The fourth-order valence-electron chi connectivity index (χ4n) is 0. The molecule has 0 radical (unpaired) electrons. The Labute approximate surface area is 37.7 Å². The van der Waals surface area contributed by atoms with Crippen LogP contribution in [0.4, 0.5) is 4.39 Å². The molecule has 0 N–H and O–H groups in total. The molecular formula is C5H9F. The van der Waals surface area contributed by atoms with Gasteiger partial charge in [-0.1, -0.05) is 20.4 Å². The van der Waals surface area contributed by atoms with Gasteiger partial charge in [0.15, 0.2) is 0 Å². The van der Waals surface area contributed by atoms with Crippen LogP contribution < -0.4 is 0 Å². The molecule has 0 bridgehead atoms. The van der Waals surface area contributed by atoms with Crippen molar-refractivity contribution in [1.82, 2.24) is 0 Å². The number of hydrogen-bond donors (Lipinski definition) is 0. The van der Waals surface area contributed by atoms with Crippen molar-refractivity contribution in [1.29, 1.82) is 0 Å². The van der Waals surface area contributed by atoms with E-state index in [0.717, 1.165) is 0 Å². The van der Waals surface area contributed by atoms with Gasteiger partial charge in [0.25, 0.3) is 0 Å². The van der Waals surface area contributed by atoms with Crippen LogP contribution in [0.1, 0.15) is 13.8 Å². The molecule has 0 nitrogen and oxygen atoms in total. The molecule has 0 unspecified atom stereocenters. The summed E-state index contributed by atoms with van der Waals surface area (Å²) in [6.45, 7) is 6.62. The molecule has 0 aliphatic carbocycles. The van der Waals surface area contributed by atoms with Gasteiger partial charge in [-0.2, -0.15) is 0 Å². The van der Waals surface area contributed by atoms with Crippen molar-refractivity contribution < 1.29 is 4.39 Å². The van der Waals surface area contributed by atoms with Gasteiger partial charge in [-0.3, -0.25) is 0 Å². The predicted molar refractivity (Wildman–Crippen MR) is 25.1 cm³/mol. The first-order valence-corrected chi connectivity index (χ1v) is 1.99. The summed E-state index contributed by atoms with van der Waals surface area (Å²) < 4.78 is 11.6. The van der Waals surface area contributed by atoms with Crippen LogP contribution in [0.15, 0.2) is 12.4 Å². The molecule has 0 aromatic carbocycles.